The smallest absolute Gasteiger partial charge is 0.186 e. The van der Waals surface area contributed by atoms with Gasteiger partial charge in [0, 0.05) is 11.4 Å². The predicted octanol–water partition coefficient (Wildman–Crippen LogP) is 3.23. The minimum atomic E-state index is 0.275. The van der Waals surface area contributed by atoms with Gasteiger partial charge in [-0.05, 0) is 44.4 Å². The van der Waals surface area contributed by atoms with E-state index in [1.165, 1.54) is 24.1 Å². The van der Waals surface area contributed by atoms with Gasteiger partial charge in [0.05, 0.1) is 11.4 Å². The zero-order valence-corrected chi connectivity index (χ0v) is 11.6. The van der Waals surface area contributed by atoms with Crippen molar-refractivity contribution in [3.8, 4) is 0 Å². The molecule has 0 saturated heterocycles. The largest absolute Gasteiger partial charge is 0.299 e. The molecule has 1 aliphatic carbocycles. The maximum absolute atomic E-state index is 12.0. The summed E-state index contributed by atoms with van der Waals surface area (Å²) >= 11 is 1.65. The van der Waals surface area contributed by atoms with Gasteiger partial charge in [-0.15, -0.1) is 11.3 Å². The summed E-state index contributed by atoms with van der Waals surface area (Å²) in [6, 6.07) is 4.05. The SMILES string of the molecule is CCc1ccc(C(=O)CN(C)CC2CCC2)s1. The lowest BCUT2D eigenvalue weighted by Crippen LogP contribution is -2.33. The number of ketones is 1. The van der Waals surface area contributed by atoms with E-state index < -0.39 is 0 Å². The Kier molecular flexibility index (Phi) is 4.35. The van der Waals surface area contributed by atoms with Gasteiger partial charge in [-0.3, -0.25) is 9.69 Å². The molecule has 94 valence electrons. The van der Waals surface area contributed by atoms with Crippen molar-refractivity contribution in [2.24, 2.45) is 5.92 Å². The van der Waals surface area contributed by atoms with Gasteiger partial charge in [0.25, 0.3) is 0 Å². The van der Waals surface area contributed by atoms with Crippen LogP contribution in [-0.2, 0) is 6.42 Å². The zero-order chi connectivity index (χ0) is 12.3. The fraction of sp³-hybridized carbons (Fsp3) is 0.643. The van der Waals surface area contributed by atoms with Gasteiger partial charge in [0.15, 0.2) is 5.78 Å². The van der Waals surface area contributed by atoms with Gasteiger partial charge in [-0.1, -0.05) is 13.3 Å². The second-order valence-corrected chi connectivity index (χ2v) is 6.20. The summed E-state index contributed by atoms with van der Waals surface area (Å²) in [5, 5.41) is 0. The third-order valence-electron chi connectivity index (χ3n) is 3.49. The van der Waals surface area contributed by atoms with Crippen LogP contribution in [0.4, 0.5) is 0 Å². The van der Waals surface area contributed by atoms with Crippen molar-refractivity contribution in [2.45, 2.75) is 32.6 Å². The summed E-state index contributed by atoms with van der Waals surface area (Å²) in [5.41, 5.74) is 0. The van der Waals surface area contributed by atoms with Gasteiger partial charge in [0.1, 0.15) is 0 Å². The molecule has 0 radical (unpaired) electrons. The van der Waals surface area contributed by atoms with Crippen LogP contribution in [0.15, 0.2) is 12.1 Å². The number of aryl methyl sites for hydroxylation is 1. The maximum Gasteiger partial charge on any atom is 0.186 e. The van der Waals surface area contributed by atoms with Crippen molar-refractivity contribution >= 4 is 17.1 Å². The summed E-state index contributed by atoms with van der Waals surface area (Å²) in [6.45, 7) is 3.78. The molecule has 0 aliphatic heterocycles. The molecule has 2 rings (SSSR count). The van der Waals surface area contributed by atoms with Crippen molar-refractivity contribution in [1.29, 1.82) is 0 Å². The minimum absolute atomic E-state index is 0.275. The van der Waals surface area contributed by atoms with Crippen molar-refractivity contribution < 1.29 is 4.79 Å². The number of rotatable bonds is 6. The predicted molar refractivity (Wildman–Crippen MR) is 72.9 cm³/mol. The topological polar surface area (TPSA) is 20.3 Å². The quantitative estimate of drug-likeness (QED) is 0.724. The van der Waals surface area contributed by atoms with Gasteiger partial charge < -0.3 is 0 Å². The number of hydrogen-bond donors (Lipinski definition) is 0. The lowest BCUT2D eigenvalue weighted by molar-refractivity contribution is 0.0929. The average Bonchev–Trinajstić information content (AvgIpc) is 2.72. The molecular weight excluding hydrogens is 230 g/mol. The first-order chi connectivity index (χ1) is 8.19. The molecule has 0 amide bonds. The highest BCUT2D eigenvalue weighted by Crippen LogP contribution is 2.26. The van der Waals surface area contributed by atoms with E-state index in [1.807, 2.05) is 6.07 Å². The van der Waals surface area contributed by atoms with Gasteiger partial charge in [0.2, 0.25) is 0 Å². The summed E-state index contributed by atoms with van der Waals surface area (Å²) in [5.74, 6) is 1.11. The van der Waals surface area contributed by atoms with Crippen LogP contribution in [0.1, 0.15) is 40.7 Å². The lowest BCUT2D eigenvalue weighted by Gasteiger charge is -2.29. The van der Waals surface area contributed by atoms with Gasteiger partial charge in [-0.25, -0.2) is 0 Å². The monoisotopic (exact) mass is 251 g/mol. The molecule has 1 heterocycles. The number of hydrogen-bond acceptors (Lipinski definition) is 3. The first-order valence-corrected chi connectivity index (χ1v) is 7.31. The van der Waals surface area contributed by atoms with E-state index in [1.54, 1.807) is 11.3 Å². The van der Waals surface area contributed by atoms with Gasteiger partial charge in [-0.2, -0.15) is 0 Å². The highest BCUT2D eigenvalue weighted by Gasteiger charge is 2.20. The lowest BCUT2D eigenvalue weighted by atomic mass is 9.85. The highest BCUT2D eigenvalue weighted by atomic mass is 32.1. The van der Waals surface area contributed by atoms with Crippen molar-refractivity contribution in [1.82, 2.24) is 4.90 Å². The van der Waals surface area contributed by atoms with Crippen LogP contribution >= 0.6 is 11.3 Å². The summed E-state index contributed by atoms with van der Waals surface area (Å²) < 4.78 is 0. The van der Waals surface area contributed by atoms with E-state index in [0.717, 1.165) is 23.8 Å². The standard InChI is InChI=1S/C14H21NOS/c1-3-12-7-8-14(17-12)13(16)10-15(2)9-11-5-4-6-11/h7-8,11H,3-6,9-10H2,1-2H3. The molecule has 1 aromatic rings. The van der Waals surface area contributed by atoms with E-state index >= 15 is 0 Å². The molecule has 0 N–H and O–H groups in total. The van der Waals surface area contributed by atoms with Crippen LogP contribution in [0.3, 0.4) is 0 Å². The molecule has 0 unspecified atom stereocenters. The number of thiophene rings is 1. The van der Waals surface area contributed by atoms with Crippen LogP contribution < -0.4 is 0 Å². The number of likely N-dealkylation sites (N-methyl/N-ethyl adjacent to an activating group) is 1. The fourth-order valence-corrected chi connectivity index (χ4v) is 3.10. The van der Waals surface area contributed by atoms with E-state index in [-0.39, 0.29) is 5.78 Å². The summed E-state index contributed by atoms with van der Waals surface area (Å²) in [6.07, 6.45) is 5.09. The molecule has 1 fully saturated rings. The van der Waals surface area contributed by atoms with Crippen molar-refractivity contribution in [3.05, 3.63) is 21.9 Å². The molecule has 3 heteroatoms. The first-order valence-electron chi connectivity index (χ1n) is 6.49. The third-order valence-corrected chi connectivity index (χ3v) is 4.76. The second kappa shape index (κ2) is 5.78. The summed E-state index contributed by atoms with van der Waals surface area (Å²) in [4.78, 5) is 16.4. The maximum atomic E-state index is 12.0. The zero-order valence-electron chi connectivity index (χ0n) is 10.7. The van der Waals surface area contributed by atoms with Gasteiger partial charge >= 0.3 is 0 Å². The fourth-order valence-electron chi connectivity index (χ4n) is 2.22. The molecule has 0 bridgehead atoms. The Balaban J connectivity index is 1.82. The van der Waals surface area contributed by atoms with Crippen molar-refractivity contribution in [2.75, 3.05) is 20.1 Å². The van der Waals surface area contributed by atoms with Crippen LogP contribution in [0.2, 0.25) is 0 Å². The van der Waals surface area contributed by atoms with E-state index in [0.29, 0.717) is 6.54 Å². The Labute approximate surface area is 108 Å². The normalized spacial score (nSPS) is 16.2. The number of Topliss-reactive ketones (excluding diaryl/α,β-unsaturated/α-hetero) is 1. The Morgan fingerprint density at radius 2 is 2.24 bits per heavy atom. The average molecular weight is 251 g/mol. The van der Waals surface area contributed by atoms with Crippen LogP contribution in [0.5, 0.6) is 0 Å². The molecular formula is C14H21NOS. The molecule has 1 aromatic heterocycles. The van der Waals surface area contributed by atoms with Crippen LogP contribution in [0.25, 0.3) is 0 Å². The highest BCUT2D eigenvalue weighted by molar-refractivity contribution is 7.14. The molecule has 0 aromatic carbocycles. The second-order valence-electron chi connectivity index (χ2n) is 5.04. The molecule has 0 spiro atoms. The third kappa shape index (κ3) is 3.39. The Morgan fingerprint density at radius 3 is 2.76 bits per heavy atom. The van der Waals surface area contributed by atoms with E-state index in [2.05, 4.69) is 24.9 Å². The molecule has 1 aliphatic rings. The van der Waals surface area contributed by atoms with Crippen LogP contribution in [0, 0.1) is 5.92 Å². The van der Waals surface area contributed by atoms with E-state index in [9.17, 15) is 4.79 Å². The number of nitrogens with zero attached hydrogens (tertiary/aromatic N) is 1. The first kappa shape index (κ1) is 12.8. The minimum Gasteiger partial charge on any atom is -0.299 e. The number of carbonyl (C=O) groups is 1. The van der Waals surface area contributed by atoms with E-state index in [4.69, 9.17) is 0 Å². The summed E-state index contributed by atoms with van der Waals surface area (Å²) in [7, 11) is 2.06. The molecule has 0 atom stereocenters. The van der Waals surface area contributed by atoms with Crippen molar-refractivity contribution in [3.63, 3.8) is 0 Å². The van der Waals surface area contributed by atoms with Crippen LogP contribution in [-0.4, -0.2) is 30.8 Å². The molecule has 2 nitrogen and oxygen atoms in total. The molecule has 1 saturated carbocycles. The Hall–Kier alpha value is -0.670. The molecule has 17 heavy (non-hydrogen) atoms. The Bertz CT molecular complexity index is 381. The number of carbonyl (C=O) groups excluding carboxylic acids is 1. The Morgan fingerprint density at radius 1 is 1.47 bits per heavy atom.